The van der Waals surface area contributed by atoms with E-state index in [0.29, 0.717) is 28.3 Å². The Kier molecular flexibility index (Phi) is 6.21. The van der Waals surface area contributed by atoms with Crippen LogP contribution in [0.1, 0.15) is 29.8 Å². The lowest BCUT2D eigenvalue weighted by Crippen LogP contribution is -2.30. The highest BCUT2D eigenvalue weighted by Gasteiger charge is 2.18. The molecule has 134 valence electrons. The predicted molar refractivity (Wildman–Crippen MR) is 97.9 cm³/mol. The van der Waals surface area contributed by atoms with Crippen LogP contribution < -0.4 is 14.8 Å². The molecule has 0 aliphatic carbocycles. The molecule has 0 fully saturated rings. The summed E-state index contributed by atoms with van der Waals surface area (Å²) in [5.41, 5.74) is 1.26. The van der Waals surface area contributed by atoms with Crippen molar-refractivity contribution >= 4 is 29.0 Å². The van der Waals surface area contributed by atoms with Gasteiger partial charge in [0.2, 0.25) is 0 Å². The number of nitrogens with one attached hydrogen (secondary N) is 1. The molecule has 1 N–H and O–H groups in total. The van der Waals surface area contributed by atoms with Gasteiger partial charge >= 0.3 is 0 Å². The molecule has 0 aliphatic heterocycles. The number of nitrogens with zero attached hydrogens (tertiary/aromatic N) is 1. The van der Waals surface area contributed by atoms with E-state index in [9.17, 15) is 9.59 Å². The van der Waals surface area contributed by atoms with E-state index in [1.165, 1.54) is 26.2 Å². The third-order valence-corrected chi connectivity index (χ3v) is 3.91. The molecule has 1 amide bonds. The van der Waals surface area contributed by atoms with Crippen molar-refractivity contribution in [2.75, 3.05) is 12.4 Å². The summed E-state index contributed by atoms with van der Waals surface area (Å²) in [7, 11) is 1.45. The average Bonchev–Trinajstić information content (AvgIpc) is 2.61. The van der Waals surface area contributed by atoms with E-state index in [1.807, 2.05) is 6.07 Å². The summed E-state index contributed by atoms with van der Waals surface area (Å²) in [5, 5.41) is 11.8. The number of halogens is 1. The zero-order chi connectivity index (χ0) is 19.3. The van der Waals surface area contributed by atoms with Gasteiger partial charge in [0.05, 0.1) is 17.7 Å². The maximum Gasteiger partial charge on any atom is 0.265 e. The van der Waals surface area contributed by atoms with Crippen LogP contribution in [0.25, 0.3) is 0 Å². The molecule has 26 heavy (non-hydrogen) atoms. The lowest BCUT2D eigenvalue weighted by Gasteiger charge is -2.17. The van der Waals surface area contributed by atoms with Gasteiger partial charge in [0, 0.05) is 11.3 Å². The van der Waals surface area contributed by atoms with E-state index in [-0.39, 0.29) is 10.8 Å². The van der Waals surface area contributed by atoms with Crippen LogP contribution >= 0.6 is 11.6 Å². The van der Waals surface area contributed by atoms with Gasteiger partial charge in [0.1, 0.15) is 6.07 Å². The van der Waals surface area contributed by atoms with Crippen LogP contribution in [0.3, 0.4) is 0 Å². The minimum Gasteiger partial charge on any atom is -0.493 e. The first-order valence-electron chi connectivity index (χ1n) is 7.72. The second kappa shape index (κ2) is 8.37. The minimum atomic E-state index is -0.832. The number of carbonyl (C=O) groups excluding carboxylic acids is 2. The number of methoxy groups -OCH3 is 1. The van der Waals surface area contributed by atoms with Gasteiger partial charge in [-0.1, -0.05) is 11.6 Å². The van der Waals surface area contributed by atoms with Gasteiger partial charge in [0.25, 0.3) is 5.91 Å². The molecular formula is C19H17ClN2O4. The van der Waals surface area contributed by atoms with Crippen molar-refractivity contribution in [3.8, 4) is 17.6 Å². The maximum atomic E-state index is 12.3. The fourth-order valence-electron chi connectivity index (χ4n) is 2.16. The Morgan fingerprint density at radius 1 is 1.19 bits per heavy atom. The van der Waals surface area contributed by atoms with Crippen molar-refractivity contribution in [1.82, 2.24) is 0 Å². The molecule has 7 heteroatoms. The number of rotatable bonds is 6. The Balaban J connectivity index is 2.11. The van der Waals surface area contributed by atoms with Crippen molar-refractivity contribution in [3.63, 3.8) is 0 Å². The molecular weight excluding hydrogens is 356 g/mol. The molecule has 6 nitrogen and oxygen atoms in total. The summed E-state index contributed by atoms with van der Waals surface area (Å²) < 4.78 is 10.9. The molecule has 0 saturated heterocycles. The van der Waals surface area contributed by atoms with E-state index in [4.69, 9.17) is 26.3 Å². The predicted octanol–water partition coefficient (Wildman–Crippen LogP) is 3.83. The fourth-order valence-corrected chi connectivity index (χ4v) is 2.38. The molecule has 0 spiro atoms. The van der Waals surface area contributed by atoms with Crippen LogP contribution in [0, 0.1) is 11.3 Å². The number of Topliss-reactive ketones (excluding diaryl/α,β-unsaturated/α-hetero) is 1. The second-order valence-electron chi connectivity index (χ2n) is 5.48. The summed E-state index contributed by atoms with van der Waals surface area (Å²) in [4.78, 5) is 23.8. The van der Waals surface area contributed by atoms with Gasteiger partial charge in [-0.2, -0.15) is 5.26 Å². The Labute approximate surface area is 156 Å². The largest absolute Gasteiger partial charge is 0.493 e. The van der Waals surface area contributed by atoms with Crippen molar-refractivity contribution < 1.29 is 19.1 Å². The molecule has 0 radical (unpaired) electrons. The van der Waals surface area contributed by atoms with E-state index < -0.39 is 12.0 Å². The normalized spacial score (nSPS) is 11.2. The van der Waals surface area contributed by atoms with E-state index in [2.05, 4.69) is 5.32 Å². The molecule has 0 aliphatic rings. The molecule has 0 heterocycles. The average molecular weight is 373 g/mol. The minimum absolute atomic E-state index is 0.0988. The number of hydrogen-bond donors (Lipinski definition) is 1. The monoisotopic (exact) mass is 372 g/mol. The Morgan fingerprint density at radius 2 is 1.92 bits per heavy atom. The number of ketones is 1. The third kappa shape index (κ3) is 4.52. The number of carbonyl (C=O) groups is 2. The molecule has 2 rings (SSSR count). The van der Waals surface area contributed by atoms with Gasteiger partial charge in [-0.15, -0.1) is 0 Å². The maximum absolute atomic E-state index is 12.3. The highest BCUT2D eigenvalue weighted by Crippen LogP contribution is 2.29. The van der Waals surface area contributed by atoms with Crippen LogP contribution in [-0.4, -0.2) is 24.9 Å². The van der Waals surface area contributed by atoms with Crippen LogP contribution in [0.15, 0.2) is 36.4 Å². The summed E-state index contributed by atoms with van der Waals surface area (Å²) in [5.74, 6) is 0.207. The van der Waals surface area contributed by atoms with Crippen LogP contribution in [0.5, 0.6) is 11.5 Å². The van der Waals surface area contributed by atoms with Crippen molar-refractivity contribution in [3.05, 3.63) is 52.5 Å². The third-order valence-electron chi connectivity index (χ3n) is 3.60. The summed E-state index contributed by atoms with van der Waals surface area (Å²) in [6.07, 6.45) is -0.832. The number of anilines is 1. The number of nitriles is 1. The lowest BCUT2D eigenvalue weighted by molar-refractivity contribution is -0.122. The first-order chi connectivity index (χ1) is 12.3. The zero-order valence-corrected chi connectivity index (χ0v) is 15.3. The SMILES string of the molecule is COc1cc(C(C)=O)ccc1O[C@H](C)C(=O)Nc1ccc(C#N)c(Cl)c1. The zero-order valence-electron chi connectivity index (χ0n) is 14.5. The summed E-state index contributed by atoms with van der Waals surface area (Å²) in [6.45, 7) is 3.03. The smallest absolute Gasteiger partial charge is 0.265 e. The van der Waals surface area contributed by atoms with E-state index in [1.54, 1.807) is 31.2 Å². The molecule has 2 aromatic rings. The number of ether oxygens (including phenoxy) is 2. The van der Waals surface area contributed by atoms with Gasteiger partial charge in [0.15, 0.2) is 23.4 Å². The summed E-state index contributed by atoms with van der Waals surface area (Å²) >= 11 is 5.95. The highest BCUT2D eigenvalue weighted by molar-refractivity contribution is 6.32. The highest BCUT2D eigenvalue weighted by atomic mass is 35.5. The van der Waals surface area contributed by atoms with Gasteiger partial charge in [-0.05, 0) is 50.2 Å². The van der Waals surface area contributed by atoms with Gasteiger partial charge < -0.3 is 14.8 Å². The van der Waals surface area contributed by atoms with Gasteiger partial charge in [-0.3, -0.25) is 9.59 Å². The molecule has 0 unspecified atom stereocenters. The summed E-state index contributed by atoms with van der Waals surface area (Å²) in [6, 6.07) is 11.3. The molecule has 0 bridgehead atoms. The Morgan fingerprint density at radius 3 is 2.50 bits per heavy atom. The Hall–Kier alpha value is -3.04. The van der Waals surface area contributed by atoms with Crippen molar-refractivity contribution in [2.45, 2.75) is 20.0 Å². The molecule has 1 atom stereocenters. The number of amides is 1. The van der Waals surface area contributed by atoms with Gasteiger partial charge in [-0.25, -0.2) is 0 Å². The van der Waals surface area contributed by atoms with Crippen molar-refractivity contribution in [2.24, 2.45) is 0 Å². The molecule has 2 aromatic carbocycles. The second-order valence-corrected chi connectivity index (χ2v) is 5.88. The standard InChI is InChI=1S/C19H17ClN2O4/c1-11(23)13-5-7-17(18(8-13)25-3)26-12(2)19(24)22-15-6-4-14(10-21)16(20)9-15/h4-9,12H,1-3H3,(H,22,24)/t12-/m1/s1. The van der Waals surface area contributed by atoms with Crippen molar-refractivity contribution in [1.29, 1.82) is 5.26 Å². The quantitative estimate of drug-likeness (QED) is 0.778. The first kappa shape index (κ1) is 19.3. The lowest BCUT2D eigenvalue weighted by atomic mass is 10.1. The van der Waals surface area contributed by atoms with E-state index >= 15 is 0 Å². The van der Waals surface area contributed by atoms with Crippen LogP contribution in [0.2, 0.25) is 5.02 Å². The van der Waals surface area contributed by atoms with Crippen LogP contribution in [0.4, 0.5) is 5.69 Å². The van der Waals surface area contributed by atoms with E-state index in [0.717, 1.165) is 0 Å². The first-order valence-corrected chi connectivity index (χ1v) is 8.09. The molecule has 0 saturated carbocycles. The van der Waals surface area contributed by atoms with Crippen LogP contribution in [-0.2, 0) is 4.79 Å². The Bertz CT molecular complexity index is 890. The number of hydrogen-bond acceptors (Lipinski definition) is 5. The number of benzene rings is 2. The topological polar surface area (TPSA) is 88.4 Å². The molecule has 0 aromatic heterocycles. The fraction of sp³-hybridized carbons (Fsp3) is 0.211.